The van der Waals surface area contributed by atoms with E-state index in [1.165, 1.54) is 6.21 Å². The van der Waals surface area contributed by atoms with E-state index in [1.807, 2.05) is 30.3 Å². The third-order valence-corrected chi connectivity index (χ3v) is 1.13. The maximum atomic E-state index is 4.86. The van der Waals surface area contributed by atoms with Crippen molar-refractivity contribution in [3.05, 3.63) is 35.9 Å². The highest BCUT2D eigenvalue weighted by Gasteiger charge is 1.78. The van der Waals surface area contributed by atoms with Gasteiger partial charge in [-0.15, -0.1) is 0 Å². The number of hydrazone groups is 1. The zero-order valence-electron chi connectivity index (χ0n) is 5.99. The number of hydrogen-bond donors (Lipinski definition) is 1. The van der Waals surface area contributed by atoms with Gasteiger partial charge in [-0.3, -0.25) is 0 Å². The second kappa shape index (κ2) is 4.13. The summed E-state index contributed by atoms with van der Waals surface area (Å²) >= 11 is 0. The van der Waals surface area contributed by atoms with E-state index in [0.29, 0.717) is 0 Å². The Hall–Kier alpha value is -1.75. The van der Waals surface area contributed by atoms with Gasteiger partial charge in [-0.25, -0.2) is 0 Å². The van der Waals surface area contributed by atoms with Gasteiger partial charge in [0.2, 0.25) is 0 Å². The predicted molar refractivity (Wildman–Crippen MR) is 46.0 cm³/mol. The van der Waals surface area contributed by atoms with Crippen molar-refractivity contribution in [1.82, 2.24) is 0 Å². The second-order valence-corrected chi connectivity index (χ2v) is 1.91. The molecule has 2 N–H and O–H groups in total. The predicted octanol–water partition coefficient (Wildman–Crippen LogP) is 0.983. The molecule has 0 radical (unpaired) electrons. The smallest absolute Gasteiger partial charge is 0.0967 e. The number of nitrogens with two attached hydrogens (primary N) is 1. The standard InChI is InChI=1S/C9H8N2/c10-11-8-4-7-9-5-2-1-3-6-9/h1-3,5-6,8H,10H2/b11-8-. The van der Waals surface area contributed by atoms with Gasteiger partial charge in [-0.1, -0.05) is 24.1 Å². The summed E-state index contributed by atoms with van der Waals surface area (Å²) in [7, 11) is 0. The van der Waals surface area contributed by atoms with E-state index in [-0.39, 0.29) is 0 Å². The summed E-state index contributed by atoms with van der Waals surface area (Å²) in [5.41, 5.74) is 0.965. The normalized spacial score (nSPS) is 9.09. The lowest BCUT2D eigenvalue weighted by molar-refractivity contribution is 1.27. The molecule has 0 aliphatic carbocycles. The van der Waals surface area contributed by atoms with Crippen molar-refractivity contribution < 1.29 is 0 Å². The van der Waals surface area contributed by atoms with Crippen molar-refractivity contribution in [2.45, 2.75) is 0 Å². The summed E-state index contributed by atoms with van der Waals surface area (Å²) in [6.07, 6.45) is 1.37. The molecule has 0 fully saturated rings. The molecule has 1 rings (SSSR count). The van der Waals surface area contributed by atoms with Gasteiger partial charge in [0.25, 0.3) is 0 Å². The van der Waals surface area contributed by atoms with Gasteiger partial charge in [0.05, 0.1) is 6.21 Å². The highest BCUT2D eigenvalue weighted by Crippen LogP contribution is 1.93. The fourth-order valence-electron chi connectivity index (χ4n) is 0.674. The van der Waals surface area contributed by atoms with Crippen molar-refractivity contribution in [3.8, 4) is 11.8 Å². The first kappa shape index (κ1) is 7.36. The summed E-state index contributed by atoms with van der Waals surface area (Å²) < 4.78 is 0. The van der Waals surface area contributed by atoms with Crippen LogP contribution in [0.15, 0.2) is 35.4 Å². The average molecular weight is 144 g/mol. The molecule has 1 aromatic carbocycles. The molecule has 0 bridgehead atoms. The van der Waals surface area contributed by atoms with Crippen molar-refractivity contribution in [1.29, 1.82) is 0 Å². The third kappa shape index (κ3) is 2.55. The molecular formula is C9H8N2. The molecule has 2 nitrogen and oxygen atoms in total. The lowest BCUT2D eigenvalue weighted by Gasteiger charge is -1.83. The maximum absolute atomic E-state index is 4.86. The average Bonchev–Trinajstić information content (AvgIpc) is 2.07. The first-order chi connectivity index (χ1) is 5.43. The monoisotopic (exact) mass is 144 g/mol. The van der Waals surface area contributed by atoms with Gasteiger partial charge < -0.3 is 5.84 Å². The Labute approximate surface area is 65.7 Å². The third-order valence-electron chi connectivity index (χ3n) is 1.13. The van der Waals surface area contributed by atoms with E-state index < -0.39 is 0 Å². The lowest BCUT2D eigenvalue weighted by Crippen LogP contribution is -1.78. The van der Waals surface area contributed by atoms with Gasteiger partial charge in [0, 0.05) is 5.56 Å². The molecule has 0 spiro atoms. The summed E-state index contributed by atoms with van der Waals surface area (Å²) in [6.45, 7) is 0. The first-order valence-electron chi connectivity index (χ1n) is 3.22. The number of rotatable bonds is 0. The number of nitrogens with zero attached hydrogens (tertiary/aromatic N) is 1. The molecule has 11 heavy (non-hydrogen) atoms. The molecule has 0 aliphatic heterocycles. The largest absolute Gasteiger partial charge is 0.323 e. The van der Waals surface area contributed by atoms with Crippen LogP contribution in [0.1, 0.15) is 5.56 Å². The maximum Gasteiger partial charge on any atom is 0.0967 e. The molecule has 54 valence electrons. The van der Waals surface area contributed by atoms with Crippen molar-refractivity contribution in [2.75, 3.05) is 0 Å². The van der Waals surface area contributed by atoms with Crippen LogP contribution in [0.3, 0.4) is 0 Å². The molecule has 0 amide bonds. The Morgan fingerprint density at radius 2 is 2.00 bits per heavy atom. The van der Waals surface area contributed by atoms with Crippen molar-refractivity contribution in [3.63, 3.8) is 0 Å². The van der Waals surface area contributed by atoms with Crippen LogP contribution < -0.4 is 5.84 Å². The molecule has 0 atom stereocenters. The molecule has 0 aromatic heterocycles. The zero-order valence-corrected chi connectivity index (χ0v) is 5.99. The van der Waals surface area contributed by atoms with Gasteiger partial charge in [0.1, 0.15) is 0 Å². The number of hydrogen-bond acceptors (Lipinski definition) is 2. The second-order valence-electron chi connectivity index (χ2n) is 1.91. The topological polar surface area (TPSA) is 38.4 Å². The molecule has 0 heterocycles. The minimum absolute atomic E-state index is 0.965. The Morgan fingerprint density at radius 1 is 1.27 bits per heavy atom. The minimum Gasteiger partial charge on any atom is -0.323 e. The van der Waals surface area contributed by atoms with Gasteiger partial charge in [-0.05, 0) is 18.1 Å². The van der Waals surface area contributed by atoms with Crippen LogP contribution in [-0.4, -0.2) is 6.21 Å². The minimum atomic E-state index is 0.965. The Balaban J connectivity index is 2.74. The van der Waals surface area contributed by atoms with Crippen LogP contribution in [0.5, 0.6) is 0 Å². The zero-order chi connectivity index (χ0) is 7.94. The van der Waals surface area contributed by atoms with Gasteiger partial charge >= 0.3 is 0 Å². The summed E-state index contributed by atoms with van der Waals surface area (Å²) in [5, 5.41) is 3.25. The van der Waals surface area contributed by atoms with Gasteiger partial charge in [-0.2, -0.15) is 5.10 Å². The van der Waals surface area contributed by atoms with Crippen molar-refractivity contribution in [2.24, 2.45) is 10.9 Å². The van der Waals surface area contributed by atoms with E-state index in [2.05, 4.69) is 16.9 Å². The Kier molecular flexibility index (Phi) is 2.76. The molecule has 2 heteroatoms. The SMILES string of the molecule is N/N=C\C#Cc1ccccc1. The van der Waals surface area contributed by atoms with Crippen molar-refractivity contribution >= 4 is 6.21 Å². The van der Waals surface area contributed by atoms with E-state index in [1.54, 1.807) is 0 Å². The van der Waals surface area contributed by atoms with Crippen LogP contribution in [-0.2, 0) is 0 Å². The van der Waals surface area contributed by atoms with Crippen LogP contribution in [0, 0.1) is 11.8 Å². The molecule has 0 saturated heterocycles. The molecule has 0 unspecified atom stereocenters. The summed E-state index contributed by atoms with van der Waals surface area (Å²) in [6, 6.07) is 9.67. The van der Waals surface area contributed by atoms with Gasteiger partial charge in [0.15, 0.2) is 0 Å². The highest BCUT2D eigenvalue weighted by atomic mass is 15.1. The molecular weight excluding hydrogens is 136 g/mol. The first-order valence-corrected chi connectivity index (χ1v) is 3.22. The fourth-order valence-corrected chi connectivity index (χ4v) is 0.674. The van der Waals surface area contributed by atoms with E-state index in [4.69, 9.17) is 5.84 Å². The van der Waals surface area contributed by atoms with Crippen LogP contribution >= 0.6 is 0 Å². The highest BCUT2D eigenvalue weighted by molar-refractivity contribution is 5.78. The number of benzene rings is 1. The van der Waals surface area contributed by atoms with Crippen LogP contribution in [0.4, 0.5) is 0 Å². The molecule has 0 aliphatic rings. The Morgan fingerprint density at radius 3 is 2.64 bits per heavy atom. The van der Waals surface area contributed by atoms with E-state index in [0.717, 1.165) is 5.56 Å². The van der Waals surface area contributed by atoms with Crippen LogP contribution in [0.25, 0.3) is 0 Å². The Bertz CT molecular complexity index is 290. The van der Waals surface area contributed by atoms with Crippen LogP contribution in [0.2, 0.25) is 0 Å². The summed E-state index contributed by atoms with van der Waals surface area (Å²) in [5.74, 6) is 10.4. The van der Waals surface area contributed by atoms with E-state index in [9.17, 15) is 0 Å². The lowest BCUT2D eigenvalue weighted by atomic mass is 10.2. The molecule has 1 aromatic rings. The quantitative estimate of drug-likeness (QED) is 0.251. The summed E-state index contributed by atoms with van der Waals surface area (Å²) in [4.78, 5) is 0. The van der Waals surface area contributed by atoms with E-state index >= 15 is 0 Å². The molecule has 0 saturated carbocycles. The fraction of sp³-hybridized carbons (Fsp3) is 0.